The summed E-state index contributed by atoms with van der Waals surface area (Å²) < 4.78 is 29.9. The van der Waals surface area contributed by atoms with E-state index in [0.29, 0.717) is 44.9 Å². The molecule has 0 saturated carbocycles. The van der Waals surface area contributed by atoms with Crippen molar-refractivity contribution in [2.75, 3.05) is 26.3 Å². The predicted octanol–water partition coefficient (Wildman–Crippen LogP) is 2.61. The van der Waals surface area contributed by atoms with Crippen LogP contribution in [0.5, 0.6) is 5.75 Å². The van der Waals surface area contributed by atoms with Gasteiger partial charge >= 0.3 is 0 Å². The first kappa shape index (κ1) is 16.5. The van der Waals surface area contributed by atoms with E-state index < -0.39 is 17.7 Å². The molecule has 0 N–H and O–H groups in total. The van der Waals surface area contributed by atoms with E-state index in [4.69, 9.17) is 25.8 Å². The lowest BCUT2D eigenvalue weighted by atomic mass is 10.0. The number of likely N-dealkylation sites (tertiary alicyclic amines) is 1. The number of ether oxygens (including phenoxy) is 3. The molecule has 2 aliphatic rings. The molecule has 0 unspecified atom stereocenters. The fraction of sp³-hybridized carbons (Fsp3) is 0.562. The normalized spacial score (nSPS) is 21.4. The Morgan fingerprint density at radius 2 is 2.00 bits per heavy atom. The molecule has 7 heteroatoms. The van der Waals surface area contributed by atoms with Crippen molar-refractivity contribution in [3.63, 3.8) is 0 Å². The standard InChI is InChI=1S/C16H19ClFNO4/c1-11(23-14-3-2-12(18)10-13(14)17)15(20)19-6-4-16(5-7-19)21-8-9-22-16/h2-3,10-11H,4-9H2,1H3/t11-/m0/s1. The minimum absolute atomic E-state index is 0.127. The zero-order valence-corrected chi connectivity index (χ0v) is 13.6. The van der Waals surface area contributed by atoms with Crippen LogP contribution in [0.15, 0.2) is 18.2 Å². The Balaban J connectivity index is 1.57. The molecule has 3 rings (SSSR count). The van der Waals surface area contributed by atoms with Gasteiger partial charge in [0, 0.05) is 25.9 Å². The lowest BCUT2D eigenvalue weighted by Crippen LogP contribution is -2.50. The van der Waals surface area contributed by atoms with E-state index in [-0.39, 0.29) is 10.9 Å². The lowest BCUT2D eigenvalue weighted by Gasteiger charge is -2.38. The monoisotopic (exact) mass is 343 g/mol. The van der Waals surface area contributed by atoms with Gasteiger partial charge in [0.05, 0.1) is 18.2 Å². The van der Waals surface area contributed by atoms with Crippen molar-refractivity contribution in [2.24, 2.45) is 0 Å². The minimum atomic E-state index is -0.697. The van der Waals surface area contributed by atoms with Gasteiger partial charge in [-0.3, -0.25) is 4.79 Å². The number of amides is 1. The third-order valence-electron chi connectivity index (χ3n) is 4.20. The van der Waals surface area contributed by atoms with E-state index in [0.717, 1.165) is 6.07 Å². The van der Waals surface area contributed by atoms with Crippen molar-refractivity contribution in [2.45, 2.75) is 31.7 Å². The molecule has 126 valence electrons. The van der Waals surface area contributed by atoms with E-state index in [1.54, 1.807) is 11.8 Å². The molecule has 0 radical (unpaired) electrons. The number of hydrogen-bond donors (Lipinski definition) is 0. The quantitative estimate of drug-likeness (QED) is 0.846. The van der Waals surface area contributed by atoms with Crippen LogP contribution in [0.4, 0.5) is 4.39 Å². The number of halogens is 2. The van der Waals surface area contributed by atoms with Crippen LogP contribution >= 0.6 is 11.6 Å². The summed E-state index contributed by atoms with van der Waals surface area (Å²) in [4.78, 5) is 14.2. The maximum absolute atomic E-state index is 13.0. The molecule has 2 aliphatic heterocycles. The summed E-state index contributed by atoms with van der Waals surface area (Å²) in [6.45, 7) is 4.00. The summed E-state index contributed by atoms with van der Waals surface area (Å²) in [6, 6.07) is 3.83. The van der Waals surface area contributed by atoms with E-state index >= 15 is 0 Å². The number of nitrogens with zero attached hydrogens (tertiary/aromatic N) is 1. The van der Waals surface area contributed by atoms with Gasteiger partial charge in [-0.15, -0.1) is 0 Å². The van der Waals surface area contributed by atoms with Gasteiger partial charge in [-0.05, 0) is 25.1 Å². The molecule has 1 amide bonds. The molecule has 23 heavy (non-hydrogen) atoms. The van der Waals surface area contributed by atoms with Crippen LogP contribution in [0.1, 0.15) is 19.8 Å². The molecule has 0 bridgehead atoms. The lowest BCUT2D eigenvalue weighted by molar-refractivity contribution is -0.188. The maximum Gasteiger partial charge on any atom is 0.263 e. The predicted molar refractivity (Wildman–Crippen MR) is 81.9 cm³/mol. The highest BCUT2D eigenvalue weighted by Gasteiger charge is 2.41. The molecule has 2 fully saturated rings. The highest BCUT2D eigenvalue weighted by Crippen LogP contribution is 2.32. The van der Waals surface area contributed by atoms with Crippen LogP contribution < -0.4 is 4.74 Å². The Morgan fingerprint density at radius 3 is 2.61 bits per heavy atom. The number of carbonyl (C=O) groups is 1. The van der Waals surface area contributed by atoms with Gasteiger partial charge in [0.1, 0.15) is 11.6 Å². The molecular formula is C16H19ClFNO4. The van der Waals surface area contributed by atoms with Gasteiger partial charge in [-0.2, -0.15) is 0 Å². The Morgan fingerprint density at radius 1 is 1.35 bits per heavy atom. The van der Waals surface area contributed by atoms with E-state index in [1.807, 2.05) is 0 Å². The Kier molecular flexibility index (Phi) is 4.75. The SMILES string of the molecule is C[C@H](Oc1ccc(F)cc1Cl)C(=O)N1CCC2(CC1)OCCO2. The molecule has 2 heterocycles. The summed E-state index contributed by atoms with van der Waals surface area (Å²) in [7, 11) is 0. The van der Waals surface area contributed by atoms with Crippen LogP contribution in [-0.4, -0.2) is 49.0 Å². The van der Waals surface area contributed by atoms with Gasteiger partial charge in [0.15, 0.2) is 11.9 Å². The molecule has 2 saturated heterocycles. The second-order valence-corrected chi connectivity index (χ2v) is 6.17. The first-order valence-electron chi connectivity index (χ1n) is 7.67. The second kappa shape index (κ2) is 6.63. The fourth-order valence-electron chi connectivity index (χ4n) is 2.92. The topological polar surface area (TPSA) is 48.0 Å². The number of piperidine rings is 1. The van der Waals surface area contributed by atoms with Gasteiger partial charge < -0.3 is 19.1 Å². The van der Waals surface area contributed by atoms with Crippen LogP contribution in [0.3, 0.4) is 0 Å². The molecule has 1 atom stereocenters. The Labute approximate surface area is 139 Å². The summed E-state index contributed by atoms with van der Waals surface area (Å²) >= 11 is 5.92. The zero-order chi connectivity index (χ0) is 16.4. The highest BCUT2D eigenvalue weighted by molar-refractivity contribution is 6.32. The Hall–Kier alpha value is -1.37. The second-order valence-electron chi connectivity index (χ2n) is 5.77. The zero-order valence-electron chi connectivity index (χ0n) is 12.9. The smallest absolute Gasteiger partial charge is 0.263 e. The van der Waals surface area contributed by atoms with Crippen molar-refractivity contribution in [3.05, 3.63) is 29.0 Å². The maximum atomic E-state index is 13.0. The molecule has 1 spiro atoms. The van der Waals surface area contributed by atoms with Crippen LogP contribution in [-0.2, 0) is 14.3 Å². The number of rotatable bonds is 3. The number of carbonyl (C=O) groups excluding carboxylic acids is 1. The molecule has 0 aliphatic carbocycles. The first-order valence-corrected chi connectivity index (χ1v) is 8.05. The van der Waals surface area contributed by atoms with Crippen LogP contribution in [0, 0.1) is 5.82 Å². The third kappa shape index (κ3) is 3.59. The van der Waals surface area contributed by atoms with Crippen molar-refractivity contribution in [1.82, 2.24) is 4.90 Å². The Bertz CT molecular complexity index is 581. The fourth-order valence-corrected chi connectivity index (χ4v) is 3.13. The summed E-state index contributed by atoms with van der Waals surface area (Å²) in [5.41, 5.74) is 0. The van der Waals surface area contributed by atoms with Crippen LogP contribution in [0.25, 0.3) is 0 Å². The van der Waals surface area contributed by atoms with Crippen molar-refractivity contribution >= 4 is 17.5 Å². The molecule has 0 aromatic heterocycles. The number of benzene rings is 1. The molecule has 1 aromatic rings. The average Bonchev–Trinajstić information content (AvgIpc) is 2.98. The average molecular weight is 344 g/mol. The van der Waals surface area contributed by atoms with Crippen molar-refractivity contribution < 1.29 is 23.4 Å². The minimum Gasteiger partial charge on any atom is -0.479 e. The third-order valence-corrected chi connectivity index (χ3v) is 4.49. The summed E-state index contributed by atoms with van der Waals surface area (Å²) in [5, 5.41) is 0.148. The number of hydrogen-bond acceptors (Lipinski definition) is 4. The van der Waals surface area contributed by atoms with Gasteiger partial charge in [-0.25, -0.2) is 4.39 Å². The molecular weight excluding hydrogens is 325 g/mol. The van der Waals surface area contributed by atoms with E-state index in [2.05, 4.69) is 0 Å². The molecule has 5 nitrogen and oxygen atoms in total. The summed E-state index contributed by atoms with van der Waals surface area (Å²) in [5.74, 6) is -0.788. The molecule has 1 aromatic carbocycles. The van der Waals surface area contributed by atoms with E-state index in [1.165, 1.54) is 12.1 Å². The van der Waals surface area contributed by atoms with Crippen LogP contribution in [0.2, 0.25) is 5.02 Å². The van der Waals surface area contributed by atoms with Gasteiger partial charge in [-0.1, -0.05) is 11.6 Å². The van der Waals surface area contributed by atoms with Gasteiger partial charge in [0.2, 0.25) is 0 Å². The van der Waals surface area contributed by atoms with E-state index in [9.17, 15) is 9.18 Å². The summed E-state index contributed by atoms with van der Waals surface area (Å²) in [6.07, 6.45) is 0.614. The van der Waals surface area contributed by atoms with Crippen molar-refractivity contribution in [3.8, 4) is 5.75 Å². The largest absolute Gasteiger partial charge is 0.479 e. The first-order chi connectivity index (χ1) is 11.0. The highest BCUT2D eigenvalue weighted by atomic mass is 35.5. The van der Waals surface area contributed by atoms with Gasteiger partial charge in [0.25, 0.3) is 5.91 Å². The van der Waals surface area contributed by atoms with Crippen molar-refractivity contribution in [1.29, 1.82) is 0 Å².